The molecule has 0 spiro atoms. The second kappa shape index (κ2) is 37.1. The Kier molecular flexibility index (Phi) is 36.6. The molecule has 0 saturated carbocycles. The lowest BCUT2D eigenvalue weighted by Gasteiger charge is -2.19. The molecule has 0 amide bonds. The average Bonchev–Trinajstić information content (AvgIpc) is 3.01. The van der Waals surface area contributed by atoms with Crippen LogP contribution in [0.5, 0.6) is 0 Å². The molecule has 0 radical (unpaired) electrons. The van der Waals surface area contributed by atoms with Crippen LogP contribution in [0.4, 0.5) is 0 Å². The molecule has 14 heteroatoms. The second-order valence-electron chi connectivity index (χ2n) is 10.9. The van der Waals surface area contributed by atoms with Crippen LogP contribution >= 0.6 is 11.6 Å². The third-order valence-electron chi connectivity index (χ3n) is 5.53. The second-order valence-corrected chi connectivity index (χ2v) is 11.2. The summed E-state index contributed by atoms with van der Waals surface area (Å²) in [4.78, 5) is 11.5. The third-order valence-corrected chi connectivity index (χ3v) is 5.80. The topological polar surface area (TPSA) is 128 Å². The van der Waals surface area contributed by atoms with E-state index in [2.05, 4.69) is 0 Å². The molecule has 13 nitrogen and oxygen atoms in total. The van der Waals surface area contributed by atoms with Crippen molar-refractivity contribution < 1.29 is 61.6 Å². The van der Waals surface area contributed by atoms with Crippen LogP contribution in [0.2, 0.25) is 0 Å². The highest BCUT2D eigenvalue weighted by Crippen LogP contribution is 2.06. The quantitative estimate of drug-likeness (QED) is 0.0535. The molecule has 0 bridgehead atoms. The standard InChI is InChI=1S/C32H63ClO13/c1-32(2,3)46-31(34)30-45-29-28-44-27-26-43-25-24-42-23-22-41-21-20-40-19-18-39-17-16-38-15-14-37-13-12-36-11-10-35-9-7-5-4-6-8-33/h4-30H2,1-3H3. The van der Waals surface area contributed by atoms with Crippen molar-refractivity contribution in [1.29, 1.82) is 0 Å². The number of hydrogen-bond donors (Lipinski definition) is 0. The van der Waals surface area contributed by atoms with Gasteiger partial charge in [-0.05, 0) is 33.6 Å². The van der Waals surface area contributed by atoms with Gasteiger partial charge in [0.25, 0.3) is 0 Å². The molecule has 0 fully saturated rings. The summed E-state index contributed by atoms with van der Waals surface area (Å²) in [6, 6.07) is 0. The van der Waals surface area contributed by atoms with E-state index in [1.54, 1.807) is 0 Å². The molecule has 0 unspecified atom stereocenters. The molecular formula is C32H63ClO13. The Morgan fingerprint density at radius 1 is 0.391 bits per heavy atom. The Morgan fingerprint density at radius 2 is 0.652 bits per heavy atom. The number of carbonyl (C=O) groups excluding carboxylic acids is 1. The van der Waals surface area contributed by atoms with Gasteiger partial charge >= 0.3 is 5.97 Å². The van der Waals surface area contributed by atoms with Crippen LogP contribution in [0.3, 0.4) is 0 Å². The van der Waals surface area contributed by atoms with Crippen LogP contribution in [0.15, 0.2) is 0 Å². The van der Waals surface area contributed by atoms with E-state index < -0.39 is 5.60 Å². The van der Waals surface area contributed by atoms with Crippen molar-refractivity contribution in [3.05, 3.63) is 0 Å². The molecule has 0 saturated heterocycles. The van der Waals surface area contributed by atoms with Crippen molar-refractivity contribution in [3.63, 3.8) is 0 Å². The summed E-state index contributed by atoms with van der Waals surface area (Å²) in [5.74, 6) is 0.355. The van der Waals surface area contributed by atoms with Crippen molar-refractivity contribution in [2.75, 3.05) is 151 Å². The number of hydrogen-bond acceptors (Lipinski definition) is 13. The molecule has 0 aromatic heterocycles. The van der Waals surface area contributed by atoms with E-state index in [4.69, 9.17) is 68.4 Å². The van der Waals surface area contributed by atoms with E-state index in [1.807, 2.05) is 20.8 Å². The normalized spacial score (nSPS) is 11.8. The number of unbranched alkanes of at least 4 members (excludes halogenated alkanes) is 3. The van der Waals surface area contributed by atoms with Gasteiger partial charge in [-0.1, -0.05) is 12.8 Å². The van der Waals surface area contributed by atoms with Gasteiger partial charge < -0.3 is 56.8 Å². The fraction of sp³-hybridized carbons (Fsp3) is 0.969. The van der Waals surface area contributed by atoms with E-state index in [1.165, 1.54) is 6.42 Å². The largest absolute Gasteiger partial charge is 0.458 e. The van der Waals surface area contributed by atoms with E-state index in [9.17, 15) is 4.79 Å². The molecule has 46 heavy (non-hydrogen) atoms. The van der Waals surface area contributed by atoms with Crippen LogP contribution in [0, 0.1) is 0 Å². The minimum absolute atomic E-state index is 0.0821. The molecule has 0 aliphatic heterocycles. The first-order valence-corrected chi connectivity index (χ1v) is 17.1. The first-order chi connectivity index (χ1) is 22.5. The Hall–Kier alpha value is -0.680. The number of esters is 1. The molecule has 0 aromatic rings. The van der Waals surface area contributed by atoms with Gasteiger partial charge in [0.05, 0.1) is 132 Å². The summed E-state index contributed by atoms with van der Waals surface area (Å²) in [6.45, 7) is 16.0. The van der Waals surface area contributed by atoms with Crippen LogP contribution in [-0.2, 0) is 61.6 Å². The van der Waals surface area contributed by atoms with Crippen LogP contribution in [0.1, 0.15) is 46.5 Å². The molecule has 0 atom stereocenters. The zero-order valence-corrected chi connectivity index (χ0v) is 29.5. The number of carbonyl (C=O) groups is 1. The van der Waals surface area contributed by atoms with Crippen LogP contribution in [0.25, 0.3) is 0 Å². The Morgan fingerprint density at radius 3 is 0.935 bits per heavy atom. The van der Waals surface area contributed by atoms with Gasteiger partial charge in [-0.25, -0.2) is 4.79 Å². The summed E-state index contributed by atoms with van der Waals surface area (Å²) in [5.41, 5.74) is -0.510. The minimum Gasteiger partial charge on any atom is -0.458 e. The SMILES string of the molecule is CC(C)(C)OC(=O)COCCOCCOCCOCCOCCOCCOCCOCCOCCOCCOCCCCCCCl. The highest BCUT2D eigenvalue weighted by Gasteiger charge is 2.15. The summed E-state index contributed by atoms with van der Waals surface area (Å²) >= 11 is 5.65. The first-order valence-electron chi connectivity index (χ1n) is 16.6. The predicted octanol–water partition coefficient (Wildman–Crippen LogP) is 3.31. The maximum atomic E-state index is 11.5. The summed E-state index contributed by atoms with van der Waals surface area (Å²) in [7, 11) is 0. The number of alkyl halides is 1. The van der Waals surface area contributed by atoms with E-state index >= 15 is 0 Å². The summed E-state index contributed by atoms with van der Waals surface area (Å²) in [5, 5.41) is 0. The van der Waals surface area contributed by atoms with E-state index in [0.29, 0.717) is 132 Å². The lowest BCUT2D eigenvalue weighted by Crippen LogP contribution is -2.27. The van der Waals surface area contributed by atoms with Gasteiger partial charge in [0, 0.05) is 12.5 Å². The molecular weight excluding hydrogens is 628 g/mol. The van der Waals surface area contributed by atoms with E-state index in [-0.39, 0.29) is 12.6 Å². The van der Waals surface area contributed by atoms with E-state index in [0.717, 1.165) is 31.7 Å². The van der Waals surface area contributed by atoms with Crippen molar-refractivity contribution in [1.82, 2.24) is 0 Å². The van der Waals surface area contributed by atoms with Crippen LogP contribution in [-0.4, -0.2) is 163 Å². The Balaban J connectivity index is 3.09. The molecule has 0 aromatic carbocycles. The van der Waals surface area contributed by atoms with Gasteiger partial charge in [-0.15, -0.1) is 11.6 Å². The van der Waals surface area contributed by atoms with Crippen molar-refractivity contribution >= 4 is 17.6 Å². The maximum Gasteiger partial charge on any atom is 0.332 e. The fourth-order valence-electron chi connectivity index (χ4n) is 3.38. The highest BCUT2D eigenvalue weighted by molar-refractivity contribution is 6.17. The fourth-order valence-corrected chi connectivity index (χ4v) is 3.57. The first kappa shape index (κ1) is 45.3. The van der Waals surface area contributed by atoms with Gasteiger partial charge in [0.1, 0.15) is 12.2 Å². The lowest BCUT2D eigenvalue weighted by atomic mass is 10.2. The minimum atomic E-state index is -0.510. The number of ether oxygens (including phenoxy) is 12. The van der Waals surface area contributed by atoms with Crippen LogP contribution < -0.4 is 0 Å². The van der Waals surface area contributed by atoms with Crippen molar-refractivity contribution in [2.45, 2.75) is 52.1 Å². The summed E-state index contributed by atoms with van der Waals surface area (Å²) in [6.07, 6.45) is 4.49. The number of rotatable bonds is 38. The third kappa shape index (κ3) is 41.3. The van der Waals surface area contributed by atoms with Crippen molar-refractivity contribution in [3.8, 4) is 0 Å². The van der Waals surface area contributed by atoms with Gasteiger partial charge in [0.2, 0.25) is 0 Å². The highest BCUT2D eigenvalue weighted by atomic mass is 35.5. The molecule has 276 valence electrons. The van der Waals surface area contributed by atoms with Crippen molar-refractivity contribution in [2.24, 2.45) is 0 Å². The zero-order chi connectivity index (χ0) is 33.7. The lowest BCUT2D eigenvalue weighted by molar-refractivity contribution is -0.160. The Labute approximate surface area is 282 Å². The zero-order valence-electron chi connectivity index (χ0n) is 28.8. The Bertz CT molecular complexity index is 611. The molecule has 0 aliphatic carbocycles. The molecule has 0 heterocycles. The molecule has 0 aliphatic rings. The van der Waals surface area contributed by atoms with Gasteiger partial charge in [-0.3, -0.25) is 0 Å². The predicted molar refractivity (Wildman–Crippen MR) is 174 cm³/mol. The van der Waals surface area contributed by atoms with Gasteiger partial charge in [-0.2, -0.15) is 0 Å². The van der Waals surface area contributed by atoms with Gasteiger partial charge in [0.15, 0.2) is 0 Å². The maximum absolute atomic E-state index is 11.5. The monoisotopic (exact) mass is 690 g/mol. The summed E-state index contributed by atoms with van der Waals surface area (Å²) < 4.78 is 65.0. The molecule has 0 rings (SSSR count). The molecule has 0 N–H and O–H groups in total. The number of halogens is 1. The smallest absolute Gasteiger partial charge is 0.332 e. The average molecular weight is 691 g/mol.